The number of benzene rings is 1. The van der Waals surface area contributed by atoms with Crippen molar-refractivity contribution >= 4 is 0 Å². The highest BCUT2D eigenvalue weighted by Gasteiger charge is 2.41. The zero-order valence-electron chi connectivity index (χ0n) is 12.3. The van der Waals surface area contributed by atoms with Gasteiger partial charge in [0.2, 0.25) is 0 Å². The molecule has 3 heterocycles. The van der Waals surface area contributed by atoms with Gasteiger partial charge in [0.05, 0.1) is 6.04 Å². The van der Waals surface area contributed by atoms with Crippen molar-refractivity contribution in [2.24, 2.45) is 0 Å². The molecule has 3 aliphatic rings. The summed E-state index contributed by atoms with van der Waals surface area (Å²) in [7, 11) is 0. The zero-order valence-corrected chi connectivity index (χ0v) is 12.3. The van der Waals surface area contributed by atoms with Crippen molar-refractivity contribution in [3.05, 3.63) is 29.8 Å². The van der Waals surface area contributed by atoms with Crippen LogP contribution in [0.1, 0.15) is 37.8 Å². The van der Waals surface area contributed by atoms with Gasteiger partial charge in [-0.25, -0.2) is 0 Å². The first-order valence-corrected chi connectivity index (χ1v) is 8.08. The fourth-order valence-electron chi connectivity index (χ4n) is 4.28. The van der Waals surface area contributed by atoms with Crippen LogP contribution in [0.4, 0.5) is 0 Å². The van der Waals surface area contributed by atoms with Gasteiger partial charge in [-0.15, -0.1) is 0 Å². The molecule has 0 saturated carbocycles. The number of ether oxygens (including phenoxy) is 1. The Balaban J connectivity index is 1.61. The van der Waals surface area contributed by atoms with Crippen LogP contribution < -0.4 is 4.74 Å². The maximum absolute atomic E-state index is 5.91. The van der Waals surface area contributed by atoms with Crippen molar-refractivity contribution in [3.63, 3.8) is 0 Å². The van der Waals surface area contributed by atoms with Crippen LogP contribution in [0.15, 0.2) is 24.3 Å². The molecule has 3 atom stereocenters. The first-order valence-electron chi connectivity index (χ1n) is 8.08. The predicted molar refractivity (Wildman–Crippen MR) is 80.1 cm³/mol. The van der Waals surface area contributed by atoms with Gasteiger partial charge in [0.1, 0.15) is 12.4 Å². The topological polar surface area (TPSA) is 15.7 Å². The van der Waals surface area contributed by atoms with Crippen LogP contribution in [0, 0.1) is 0 Å². The lowest BCUT2D eigenvalue weighted by Gasteiger charge is -2.46. The second-order valence-electron chi connectivity index (χ2n) is 6.41. The van der Waals surface area contributed by atoms with E-state index >= 15 is 0 Å². The SMILES string of the molecule is CCC1CN2CCCC2CN1C1COc2ccccc21. The quantitative estimate of drug-likeness (QED) is 0.823. The van der Waals surface area contributed by atoms with Gasteiger partial charge in [0, 0.05) is 30.7 Å². The number of nitrogens with zero attached hydrogens (tertiary/aromatic N) is 2. The van der Waals surface area contributed by atoms with Crippen LogP contribution in [0.25, 0.3) is 0 Å². The lowest BCUT2D eigenvalue weighted by atomic mass is 9.99. The minimum Gasteiger partial charge on any atom is -0.491 e. The number of para-hydroxylation sites is 1. The molecule has 0 aromatic heterocycles. The third kappa shape index (κ3) is 1.95. The number of hydrogen-bond donors (Lipinski definition) is 0. The molecule has 0 aliphatic carbocycles. The van der Waals surface area contributed by atoms with Crippen molar-refractivity contribution in [2.45, 2.75) is 44.3 Å². The first kappa shape index (κ1) is 12.7. The fraction of sp³-hybridized carbons (Fsp3) is 0.647. The monoisotopic (exact) mass is 272 g/mol. The lowest BCUT2D eigenvalue weighted by Crippen LogP contribution is -2.56. The van der Waals surface area contributed by atoms with Gasteiger partial charge in [-0.1, -0.05) is 25.1 Å². The van der Waals surface area contributed by atoms with E-state index in [0.29, 0.717) is 12.1 Å². The number of hydrogen-bond acceptors (Lipinski definition) is 3. The van der Waals surface area contributed by atoms with E-state index in [4.69, 9.17) is 4.74 Å². The second-order valence-corrected chi connectivity index (χ2v) is 6.41. The van der Waals surface area contributed by atoms with Crippen molar-refractivity contribution in [3.8, 4) is 5.75 Å². The Morgan fingerprint density at radius 1 is 1.25 bits per heavy atom. The third-order valence-electron chi connectivity index (χ3n) is 5.38. The molecule has 1 aromatic carbocycles. The van der Waals surface area contributed by atoms with Crippen LogP contribution >= 0.6 is 0 Å². The van der Waals surface area contributed by atoms with E-state index in [-0.39, 0.29) is 0 Å². The van der Waals surface area contributed by atoms with Crippen molar-refractivity contribution in [2.75, 3.05) is 26.2 Å². The van der Waals surface area contributed by atoms with Gasteiger partial charge in [-0.2, -0.15) is 0 Å². The van der Waals surface area contributed by atoms with E-state index in [1.807, 2.05) is 0 Å². The molecule has 3 unspecified atom stereocenters. The van der Waals surface area contributed by atoms with Crippen molar-refractivity contribution < 1.29 is 4.74 Å². The van der Waals surface area contributed by atoms with Crippen molar-refractivity contribution in [1.82, 2.24) is 9.80 Å². The van der Waals surface area contributed by atoms with Gasteiger partial charge in [-0.3, -0.25) is 9.80 Å². The average Bonchev–Trinajstić information content (AvgIpc) is 3.11. The molecular weight excluding hydrogens is 248 g/mol. The third-order valence-corrected chi connectivity index (χ3v) is 5.38. The van der Waals surface area contributed by atoms with Crippen LogP contribution in [0.5, 0.6) is 5.75 Å². The van der Waals surface area contributed by atoms with E-state index in [0.717, 1.165) is 18.4 Å². The Morgan fingerprint density at radius 3 is 3.05 bits per heavy atom. The molecule has 0 spiro atoms. The van der Waals surface area contributed by atoms with Crippen LogP contribution in [0.2, 0.25) is 0 Å². The number of rotatable bonds is 2. The molecule has 4 rings (SSSR count). The number of piperazine rings is 1. The average molecular weight is 272 g/mol. The largest absolute Gasteiger partial charge is 0.491 e. The van der Waals surface area contributed by atoms with Crippen LogP contribution in [-0.4, -0.2) is 48.1 Å². The summed E-state index contributed by atoms with van der Waals surface area (Å²) in [6.07, 6.45) is 4.00. The lowest BCUT2D eigenvalue weighted by molar-refractivity contribution is 0.0118. The highest BCUT2D eigenvalue weighted by molar-refractivity contribution is 5.39. The molecule has 0 amide bonds. The molecule has 20 heavy (non-hydrogen) atoms. The summed E-state index contributed by atoms with van der Waals surface area (Å²) in [5, 5.41) is 0. The zero-order chi connectivity index (χ0) is 13.5. The molecule has 3 heteroatoms. The standard InChI is InChI=1S/C17H24N2O/c1-2-13-10-18-9-5-6-14(18)11-19(13)16-12-20-17-8-4-3-7-15(16)17/h3-4,7-8,13-14,16H,2,5-6,9-12H2,1H3. The summed E-state index contributed by atoms with van der Waals surface area (Å²) < 4.78 is 5.91. The van der Waals surface area contributed by atoms with Gasteiger partial charge in [-0.05, 0) is 31.9 Å². The van der Waals surface area contributed by atoms with Gasteiger partial charge in [0.15, 0.2) is 0 Å². The van der Waals surface area contributed by atoms with Gasteiger partial charge >= 0.3 is 0 Å². The van der Waals surface area contributed by atoms with Gasteiger partial charge in [0.25, 0.3) is 0 Å². The molecule has 1 aromatic rings. The molecule has 3 nitrogen and oxygen atoms in total. The number of fused-ring (bicyclic) bond motifs is 2. The summed E-state index contributed by atoms with van der Waals surface area (Å²) in [6, 6.07) is 10.5. The summed E-state index contributed by atoms with van der Waals surface area (Å²) >= 11 is 0. The molecule has 0 N–H and O–H groups in total. The smallest absolute Gasteiger partial charge is 0.124 e. The molecular formula is C17H24N2O. The van der Waals surface area contributed by atoms with E-state index in [9.17, 15) is 0 Å². The molecule has 0 bridgehead atoms. The summed E-state index contributed by atoms with van der Waals surface area (Å²) in [6.45, 7) is 6.95. The first-order chi connectivity index (χ1) is 9.86. The van der Waals surface area contributed by atoms with E-state index in [1.165, 1.54) is 44.5 Å². The molecule has 3 aliphatic heterocycles. The summed E-state index contributed by atoms with van der Waals surface area (Å²) in [5.74, 6) is 1.10. The van der Waals surface area contributed by atoms with Crippen LogP contribution in [-0.2, 0) is 0 Å². The summed E-state index contributed by atoms with van der Waals surface area (Å²) in [4.78, 5) is 5.45. The van der Waals surface area contributed by atoms with E-state index < -0.39 is 0 Å². The Hall–Kier alpha value is -1.06. The minimum absolute atomic E-state index is 0.471. The minimum atomic E-state index is 0.471. The van der Waals surface area contributed by atoms with Crippen LogP contribution in [0.3, 0.4) is 0 Å². The van der Waals surface area contributed by atoms with E-state index in [2.05, 4.69) is 41.0 Å². The maximum Gasteiger partial charge on any atom is 0.124 e. The highest BCUT2D eigenvalue weighted by Crippen LogP contribution is 2.39. The predicted octanol–water partition coefficient (Wildman–Crippen LogP) is 2.68. The molecule has 2 saturated heterocycles. The Bertz CT molecular complexity index is 490. The Labute approximate surface area is 121 Å². The Morgan fingerprint density at radius 2 is 2.15 bits per heavy atom. The molecule has 108 valence electrons. The van der Waals surface area contributed by atoms with Crippen molar-refractivity contribution in [1.29, 1.82) is 0 Å². The summed E-state index contributed by atoms with van der Waals surface area (Å²) in [5.41, 5.74) is 1.40. The highest BCUT2D eigenvalue weighted by atomic mass is 16.5. The second kappa shape index (κ2) is 5.05. The normalized spacial score (nSPS) is 33.8. The maximum atomic E-state index is 5.91. The molecule has 2 fully saturated rings. The fourth-order valence-corrected chi connectivity index (χ4v) is 4.28. The molecule has 0 radical (unpaired) electrons. The Kier molecular flexibility index (Phi) is 3.20. The van der Waals surface area contributed by atoms with E-state index in [1.54, 1.807) is 0 Å². The van der Waals surface area contributed by atoms with Gasteiger partial charge < -0.3 is 4.74 Å².